The van der Waals surface area contributed by atoms with Crippen molar-refractivity contribution in [1.82, 2.24) is 10.3 Å². The van der Waals surface area contributed by atoms with E-state index in [0.717, 1.165) is 0 Å². The molecule has 0 unspecified atom stereocenters. The van der Waals surface area contributed by atoms with Crippen LogP contribution in [0.1, 0.15) is 30.1 Å². The summed E-state index contributed by atoms with van der Waals surface area (Å²) in [5.41, 5.74) is -0.492. The van der Waals surface area contributed by atoms with Gasteiger partial charge in [-0.2, -0.15) is 0 Å². The fourth-order valence-corrected chi connectivity index (χ4v) is 1.80. The number of rotatable bonds is 2. The third-order valence-corrected chi connectivity index (χ3v) is 2.54. The standard InChI is InChI=1S/C10H13FN2O/c1-10(11)4-8(5-10)13-9(14)7-2-3-12-6-7/h2-3,6,8,12H,4-5H2,1H3,(H,13,14). The highest BCUT2D eigenvalue weighted by atomic mass is 19.1. The Morgan fingerprint density at radius 2 is 2.43 bits per heavy atom. The molecule has 0 atom stereocenters. The molecule has 14 heavy (non-hydrogen) atoms. The van der Waals surface area contributed by atoms with Crippen LogP contribution in [0.3, 0.4) is 0 Å². The number of carbonyl (C=O) groups is 1. The fourth-order valence-electron chi connectivity index (χ4n) is 1.80. The molecule has 1 aromatic rings. The molecule has 1 aromatic heterocycles. The average Bonchev–Trinajstić information content (AvgIpc) is 2.51. The molecular weight excluding hydrogens is 183 g/mol. The minimum Gasteiger partial charge on any atom is -0.367 e. The Morgan fingerprint density at radius 3 is 2.93 bits per heavy atom. The minimum absolute atomic E-state index is 0.00704. The summed E-state index contributed by atoms with van der Waals surface area (Å²) in [6.45, 7) is 1.56. The van der Waals surface area contributed by atoms with Crippen molar-refractivity contribution in [2.75, 3.05) is 0 Å². The lowest BCUT2D eigenvalue weighted by Crippen LogP contribution is -2.51. The van der Waals surface area contributed by atoms with Gasteiger partial charge >= 0.3 is 0 Å². The van der Waals surface area contributed by atoms with Crippen LogP contribution in [-0.2, 0) is 0 Å². The largest absolute Gasteiger partial charge is 0.367 e. The molecule has 3 nitrogen and oxygen atoms in total. The Kier molecular flexibility index (Phi) is 2.06. The second-order valence-corrected chi connectivity index (χ2v) is 4.09. The summed E-state index contributed by atoms with van der Waals surface area (Å²) in [4.78, 5) is 14.3. The first-order chi connectivity index (χ1) is 6.57. The van der Waals surface area contributed by atoms with Crippen LogP contribution in [-0.4, -0.2) is 22.6 Å². The van der Waals surface area contributed by atoms with Gasteiger partial charge in [0.1, 0.15) is 5.67 Å². The highest BCUT2D eigenvalue weighted by Crippen LogP contribution is 2.35. The van der Waals surface area contributed by atoms with E-state index in [1.807, 2.05) is 0 Å². The van der Waals surface area contributed by atoms with Crippen LogP contribution < -0.4 is 5.32 Å². The SMILES string of the molecule is CC1(F)CC(NC(=O)c2cc[nH]c2)C1. The summed E-state index contributed by atoms with van der Waals surface area (Å²) in [5, 5.41) is 2.78. The van der Waals surface area contributed by atoms with Gasteiger partial charge in [-0.1, -0.05) is 0 Å². The van der Waals surface area contributed by atoms with Crippen LogP contribution in [0.5, 0.6) is 0 Å². The Morgan fingerprint density at radius 1 is 1.71 bits per heavy atom. The summed E-state index contributed by atoms with van der Waals surface area (Å²) >= 11 is 0. The van der Waals surface area contributed by atoms with E-state index in [1.54, 1.807) is 25.4 Å². The highest BCUT2D eigenvalue weighted by Gasteiger charge is 2.41. The van der Waals surface area contributed by atoms with Gasteiger partial charge in [0.25, 0.3) is 5.91 Å². The lowest BCUT2D eigenvalue weighted by Gasteiger charge is -2.38. The van der Waals surface area contributed by atoms with E-state index in [2.05, 4.69) is 10.3 Å². The Hall–Kier alpha value is -1.32. The van der Waals surface area contributed by atoms with Crippen molar-refractivity contribution in [2.24, 2.45) is 0 Å². The number of hydrogen-bond acceptors (Lipinski definition) is 1. The van der Waals surface area contributed by atoms with Crippen molar-refractivity contribution in [3.05, 3.63) is 24.0 Å². The molecule has 1 heterocycles. The van der Waals surface area contributed by atoms with Crippen LogP contribution in [0, 0.1) is 0 Å². The summed E-state index contributed by atoms with van der Waals surface area (Å²) < 4.78 is 13.1. The van der Waals surface area contributed by atoms with Gasteiger partial charge in [0.05, 0.1) is 5.56 Å². The van der Waals surface area contributed by atoms with Gasteiger partial charge in [0.15, 0.2) is 0 Å². The summed E-state index contributed by atoms with van der Waals surface area (Å²) in [7, 11) is 0. The molecule has 1 aliphatic rings. The van der Waals surface area contributed by atoms with Crippen molar-refractivity contribution < 1.29 is 9.18 Å². The number of carbonyl (C=O) groups excluding carboxylic acids is 1. The zero-order chi connectivity index (χ0) is 10.2. The molecule has 1 saturated carbocycles. The second kappa shape index (κ2) is 3.12. The average molecular weight is 196 g/mol. The van der Waals surface area contributed by atoms with Crippen molar-refractivity contribution in [1.29, 1.82) is 0 Å². The molecule has 2 rings (SSSR count). The molecule has 1 fully saturated rings. The normalized spacial score (nSPS) is 30.9. The lowest BCUT2D eigenvalue weighted by atomic mass is 9.79. The fraction of sp³-hybridized carbons (Fsp3) is 0.500. The van der Waals surface area contributed by atoms with Gasteiger partial charge in [-0.25, -0.2) is 4.39 Å². The first-order valence-corrected chi connectivity index (χ1v) is 4.69. The number of alkyl halides is 1. The van der Waals surface area contributed by atoms with Crippen LogP contribution in [0.2, 0.25) is 0 Å². The topological polar surface area (TPSA) is 44.9 Å². The van der Waals surface area contributed by atoms with Gasteiger partial charge in [0, 0.05) is 31.3 Å². The Bertz CT molecular complexity index is 324. The molecule has 0 radical (unpaired) electrons. The highest BCUT2D eigenvalue weighted by molar-refractivity contribution is 5.94. The van der Waals surface area contributed by atoms with E-state index in [0.29, 0.717) is 18.4 Å². The van der Waals surface area contributed by atoms with Crippen molar-refractivity contribution >= 4 is 5.91 Å². The first kappa shape index (κ1) is 9.24. The van der Waals surface area contributed by atoms with E-state index in [-0.39, 0.29) is 11.9 Å². The van der Waals surface area contributed by atoms with Gasteiger partial charge in [-0.3, -0.25) is 4.79 Å². The maximum Gasteiger partial charge on any atom is 0.253 e. The zero-order valence-electron chi connectivity index (χ0n) is 8.01. The summed E-state index contributed by atoms with van der Waals surface area (Å²) in [5.74, 6) is -0.133. The van der Waals surface area contributed by atoms with E-state index >= 15 is 0 Å². The van der Waals surface area contributed by atoms with Gasteiger partial charge in [-0.15, -0.1) is 0 Å². The van der Waals surface area contributed by atoms with E-state index < -0.39 is 5.67 Å². The minimum atomic E-state index is -1.09. The van der Waals surface area contributed by atoms with Gasteiger partial charge in [-0.05, 0) is 13.0 Å². The van der Waals surface area contributed by atoms with Crippen LogP contribution >= 0.6 is 0 Å². The Labute approximate surface area is 81.7 Å². The molecule has 0 aromatic carbocycles. The maximum absolute atomic E-state index is 13.1. The third-order valence-electron chi connectivity index (χ3n) is 2.54. The van der Waals surface area contributed by atoms with Gasteiger partial charge in [0.2, 0.25) is 0 Å². The molecule has 0 aliphatic heterocycles. The predicted molar refractivity (Wildman–Crippen MR) is 50.8 cm³/mol. The van der Waals surface area contributed by atoms with Crippen LogP contribution in [0.25, 0.3) is 0 Å². The van der Waals surface area contributed by atoms with E-state index in [4.69, 9.17) is 0 Å². The Balaban J connectivity index is 1.86. The quantitative estimate of drug-likeness (QED) is 0.742. The summed E-state index contributed by atoms with van der Waals surface area (Å²) in [6, 6.07) is 1.69. The van der Waals surface area contributed by atoms with Crippen molar-refractivity contribution in [2.45, 2.75) is 31.5 Å². The zero-order valence-corrected chi connectivity index (χ0v) is 8.01. The number of amides is 1. The molecule has 2 N–H and O–H groups in total. The van der Waals surface area contributed by atoms with Crippen molar-refractivity contribution in [3.63, 3.8) is 0 Å². The first-order valence-electron chi connectivity index (χ1n) is 4.69. The monoisotopic (exact) mass is 196 g/mol. The molecule has 76 valence electrons. The molecule has 0 saturated heterocycles. The maximum atomic E-state index is 13.1. The number of aromatic nitrogens is 1. The molecule has 1 aliphatic carbocycles. The smallest absolute Gasteiger partial charge is 0.253 e. The number of H-pyrrole nitrogens is 1. The number of halogens is 1. The second-order valence-electron chi connectivity index (χ2n) is 4.09. The molecular formula is C10H13FN2O. The van der Waals surface area contributed by atoms with Gasteiger partial charge < -0.3 is 10.3 Å². The van der Waals surface area contributed by atoms with Crippen LogP contribution in [0.4, 0.5) is 4.39 Å². The van der Waals surface area contributed by atoms with Crippen molar-refractivity contribution in [3.8, 4) is 0 Å². The molecule has 0 bridgehead atoms. The molecule has 0 spiro atoms. The molecule has 4 heteroatoms. The third kappa shape index (κ3) is 1.78. The summed E-state index contributed by atoms with van der Waals surface area (Å²) in [6.07, 6.45) is 4.16. The number of nitrogens with one attached hydrogen (secondary N) is 2. The molecule has 1 amide bonds. The van der Waals surface area contributed by atoms with E-state index in [9.17, 15) is 9.18 Å². The predicted octanol–water partition coefficient (Wildman–Crippen LogP) is 1.64. The number of aromatic amines is 1. The van der Waals surface area contributed by atoms with Crippen LogP contribution in [0.15, 0.2) is 18.5 Å². The van der Waals surface area contributed by atoms with E-state index in [1.165, 1.54) is 0 Å². The lowest BCUT2D eigenvalue weighted by molar-refractivity contribution is 0.0445. The number of hydrogen-bond donors (Lipinski definition) is 2.